The highest BCUT2D eigenvalue weighted by atomic mass is 32.1. The molecule has 0 aliphatic carbocycles. The molecule has 1 aromatic heterocycles. The smallest absolute Gasteiger partial charge is 0.260 e. The lowest BCUT2D eigenvalue weighted by Gasteiger charge is -2.38. The van der Waals surface area contributed by atoms with E-state index in [-0.39, 0.29) is 12.1 Å². The number of nitrogens with one attached hydrogen (secondary N) is 1. The molecular weight excluding hydrogens is 394 g/mol. The van der Waals surface area contributed by atoms with E-state index >= 15 is 0 Å². The number of thiocarbonyl (C=S) groups is 1. The molecule has 30 heavy (non-hydrogen) atoms. The van der Waals surface area contributed by atoms with Gasteiger partial charge in [-0.15, -0.1) is 0 Å². The minimum absolute atomic E-state index is 0.0660. The molecule has 2 unspecified atom stereocenters. The van der Waals surface area contributed by atoms with E-state index in [1.807, 2.05) is 37.3 Å². The maximum atomic E-state index is 9.33. The van der Waals surface area contributed by atoms with Gasteiger partial charge in [-0.05, 0) is 73.4 Å². The summed E-state index contributed by atoms with van der Waals surface area (Å²) in [6.45, 7) is 4.88. The van der Waals surface area contributed by atoms with E-state index in [4.69, 9.17) is 21.7 Å². The van der Waals surface area contributed by atoms with Crippen LogP contribution in [0.4, 0.5) is 0 Å². The third-order valence-corrected chi connectivity index (χ3v) is 6.13. The van der Waals surface area contributed by atoms with E-state index in [9.17, 15) is 5.26 Å². The molecule has 154 valence electrons. The minimum Gasteiger partial charge on any atom is -0.497 e. The number of aromatic amines is 1. The number of hydrogen-bond acceptors (Lipinski definition) is 4. The maximum Gasteiger partial charge on any atom is 0.260 e. The summed E-state index contributed by atoms with van der Waals surface area (Å²) in [7, 11) is 1.67. The largest absolute Gasteiger partial charge is 0.497 e. The van der Waals surface area contributed by atoms with E-state index in [0.29, 0.717) is 10.7 Å². The zero-order valence-corrected chi connectivity index (χ0v) is 18.3. The standard InChI is InChI=1S/C24H25N3O2S/c1-4-15(2)29-24(30)27-12-11-19-20-13-16(14-25)5-10-21(20)26-22(19)23(27)17-6-8-18(28-3)9-7-17/h5-10,13,15,23,26H,4,11-12H2,1-3H3. The summed E-state index contributed by atoms with van der Waals surface area (Å²) in [4.78, 5) is 5.76. The van der Waals surface area contributed by atoms with Crippen LogP contribution in [0, 0.1) is 11.3 Å². The Morgan fingerprint density at radius 2 is 2.07 bits per heavy atom. The van der Waals surface area contributed by atoms with E-state index in [2.05, 4.69) is 35.0 Å². The molecule has 2 atom stereocenters. The number of rotatable bonds is 4. The second-order valence-electron chi connectivity index (χ2n) is 7.61. The summed E-state index contributed by atoms with van der Waals surface area (Å²) in [6, 6.07) is 16.0. The first-order valence-corrected chi connectivity index (χ1v) is 10.6. The van der Waals surface area contributed by atoms with Gasteiger partial charge in [0, 0.05) is 23.1 Å². The van der Waals surface area contributed by atoms with E-state index < -0.39 is 0 Å². The molecule has 6 heteroatoms. The van der Waals surface area contributed by atoms with Crippen LogP contribution in [0.15, 0.2) is 42.5 Å². The number of hydrogen-bond donors (Lipinski definition) is 1. The van der Waals surface area contributed by atoms with Crippen LogP contribution in [0.2, 0.25) is 0 Å². The zero-order valence-electron chi connectivity index (χ0n) is 17.4. The molecule has 2 aromatic carbocycles. The third-order valence-electron chi connectivity index (χ3n) is 5.80. The van der Waals surface area contributed by atoms with Gasteiger partial charge in [0.2, 0.25) is 0 Å². The van der Waals surface area contributed by atoms with E-state index in [0.717, 1.165) is 47.3 Å². The first-order valence-electron chi connectivity index (χ1n) is 10.2. The highest BCUT2D eigenvalue weighted by molar-refractivity contribution is 7.80. The van der Waals surface area contributed by atoms with Gasteiger partial charge in [-0.3, -0.25) is 0 Å². The van der Waals surface area contributed by atoms with Crippen molar-refractivity contribution in [3.05, 3.63) is 64.8 Å². The Balaban J connectivity index is 1.82. The van der Waals surface area contributed by atoms with Crippen molar-refractivity contribution in [2.45, 2.75) is 38.8 Å². The van der Waals surface area contributed by atoms with Crippen molar-refractivity contribution in [1.82, 2.24) is 9.88 Å². The summed E-state index contributed by atoms with van der Waals surface area (Å²) in [5.41, 5.74) is 5.16. The molecule has 0 amide bonds. The van der Waals surface area contributed by atoms with Gasteiger partial charge in [-0.2, -0.15) is 5.26 Å². The number of benzene rings is 2. The van der Waals surface area contributed by atoms with Crippen LogP contribution in [0.5, 0.6) is 5.75 Å². The van der Waals surface area contributed by atoms with Crippen LogP contribution in [-0.4, -0.2) is 34.8 Å². The summed E-state index contributed by atoms with van der Waals surface area (Å²) >= 11 is 5.71. The van der Waals surface area contributed by atoms with Gasteiger partial charge in [-0.25, -0.2) is 0 Å². The second kappa shape index (κ2) is 8.37. The lowest BCUT2D eigenvalue weighted by Crippen LogP contribution is -2.41. The molecule has 4 rings (SSSR count). The number of nitrogens with zero attached hydrogens (tertiary/aromatic N) is 2. The SMILES string of the molecule is CCC(C)OC(=S)N1CCc2c([nH]c3ccc(C#N)cc23)C1c1ccc(OC)cc1. The molecule has 1 aliphatic rings. The van der Waals surface area contributed by atoms with Gasteiger partial charge in [0.15, 0.2) is 0 Å². The lowest BCUT2D eigenvalue weighted by molar-refractivity contribution is 0.154. The summed E-state index contributed by atoms with van der Waals surface area (Å²) < 4.78 is 11.4. The first kappa shape index (κ1) is 20.2. The van der Waals surface area contributed by atoms with Crippen LogP contribution in [0.3, 0.4) is 0 Å². The third kappa shape index (κ3) is 3.61. The molecule has 1 N–H and O–H groups in total. The second-order valence-corrected chi connectivity index (χ2v) is 7.96. The van der Waals surface area contributed by atoms with Crippen LogP contribution >= 0.6 is 12.2 Å². The number of H-pyrrole nitrogens is 1. The molecule has 2 heterocycles. The zero-order chi connectivity index (χ0) is 21.3. The molecule has 0 saturated heterocycles. The molecule has 3 aromatic rings. The highest BCUT2D eigenvalue weighted by Crippen LogP contribution is 2.39. The molecule has 0 bridgehead atoms. The first-order chi connectivity index (χ1) is 14.5. The topological polar surface area (TPSA) is 61.3 Å². The van der Waals surface area contributed by atoms with Crippen molar-refractivity contribution in [2.24, 2.45) is 0 Å². The maximum absolute atomic E-state index is 9.33. The normalized spacial score (nSPS) is 16.6. The quantitative estimate of drug-likeness (QED) is 0.597. The summed E-state index contributed by atoms with van der Waals surface area (Å²) in [5, 5.41) is 11.0. The average Bonchev–Trinajstić information content (AvgIpc) is 3.16. The van der Waals surface area contributed by atoms with E-state index in [1.165, 1.54) is 5.56 Å². The number of nitriles is 1. The Morgan fingerprint density at radius 1 is 1.30 bits per heavy atom. The van der Waals surface area contributed by atoms with Gasteiger partial charge in [0.05, 0.1) is 30.9 Å². The molecule has 0 fully saturated rings. The van der Waals surface area contributed by atoms with E-state index in [1.54, 1.807) is 7.11 Å². The van der Waals surface area contributed by atoms with Gasteiger partial charge in [0.25, 0.3) is 5.17 Å². The minimum atomic E-state index is -0.0888. The van der Waals surface area contributed by atoms with Gasteiger partial charge in [0.1, 0.15) is 5.75 Å². The van der Waals surface area contributed by atoms with Crippen molar-refractivity contribution in [1.29, 1.82) is 5.26 Å². The van der Waals surface area contributed by atoms with Crippen molar-refractivity contribution in [2.75, 3.05) is 13.7 Å². The number of methoxy groups -OCH3 is 1. The van der Waals surface area contributed by atoms with Crippen molar-refractivity contribution >= 4 is 28.3 Å². The molecule has 0 spiro atoms. The Labute approximate surface area is 182 Å². The Kier molecular flexibility index (Phi) is 5.65. The van der Waals surface area contributed by atoms with Crippen molar-refractivity contribution in [3.8, 4) is 11.8 Å². The van der Waals surface area contributed by atoms with Crippen LogP contribution < -0.4 is 4.74 Å². The molecular formula is C24H25N3O2S. The predicted octanol–water partition coefficient (Wildman–Crippen LogP) is 5.10. The van der Waals surface area contributed by atoms with Crippen molar-refractivity contribution in [3.63, 3.8) is 0 Å². The van der Waals surface area contributed by atoms with Crippen molar-refractivity contribution < 1.29 is 9.47 Å². The number of ether oxygens (including phenoxy) is 2. The number of aromatic nitrogens is 1. The monoisotopic (exact) mass is 419 g/mol. The molecule has 0 radical (unpaired) electrons. The Bertz CT molecular complexity index is 1110. The van der Waals surface area contributed by atoms with Gasteiger partial charge in [-0.1, -0.05) is 19.1 Å². The summed E-state index contributed by atoms with van der Waals surface area (Å²) in [5.74, 6) is 0.815. The Morgan fingerprint density at radius 3 is 2.73 bits per heavy atom. The average molecular weight is 420 g/mol. The fraction of sp³-hybridized carbons (Fsp3) is 0.333. The summed E-state index contributed by atoms with van der Waals surface area (Å²) in [6.07, 6.45) is 1.80. The van der Waals surface area contributed by atoms with Crippen LogP contribution in [-0.2, 0) is 11.2 Å². The molecule has 5 nitrogen and oxygen atoms in total. The molecule has 0 saturated carbocycles. The predicted molar refractivity (Wildman–Crippen MR) is 122 cm³/mol. The van der Waals surface area contributed by atoms with Gasteiger partial charge >= 0.3 is 0 Å². The van der Waals surface area contributed by atoms with Crippen LogP contribution in [0.1, 0.15) is 48.7 Å². The fourth-order valence-corrected chi connectivity index (χ4v) is 4.37. The molecule has 1 aliphatic heterocycles. The fourth-order valence-electron chi connectivity index (χ4n) is 4.01. The Hall–Kier alpha value is -3.04. The number of fused-ring (bicyclic) bond motifs is 3. The van der Waals surface area contributed by atoms with Gasteiger partial charge < -0.3 is 19.4 Å². The van der Waals surface area contributed by atoms with Crippen LogP contribution in [0.25, 0.3) is 10.9 Å². The highest BCUT2D eigenvalue weighted by Gasteiger charge is 2.34. The lowest BCUT2D eigenvalue weighted by atomic mass is 9.92.